The lowest BCUT2D eigenvalue weighted by molar-refractivity contribution is 0.0891. The Morgan fingerprint density at radius 2 is 1.96 bits per heavy atom. The van der Waals surface area contributed by atoms with Gasteiger partial charge in [0.2, 0.25) is 0 Å². The monoisotopic (exact) mass is 370 g/mol. The first-order chi connectivity index (χ1) is 12.8. The molecule has 142 valence electrons. The second kappa shape index (κ2) is 7.23. The van der Waals surface area contributed by atoms with Gasteiger partial charge in [-0.15, -0.1) is 0 Å². The van der Waals surface area contributed by atoms with E-state index in [9.17, 15) is 20.1 Å². The number of rotatable bonds is 4. The SMILES string of the molecule is COc1c(CC=C(C)C)c(O)cc(O)c1[C@@H]1COc2cc(O)ccc2C1=O. The number of phenolic OH excluding ortho intramolecular Hbond substituents is 3. The van der Waals surface area contributed by atoms with Crippen LogP contribution >= 0.6 is 0 Å². The van der Waals surface area contributed by atoms with Gasteiger partial charge in [-0.25, -0.2) is 0 Å². The van der Waals surface area contributed by atoms with Crippen LogP contribution in [0.1, 0.15) is 41.3 Å². The molecule has 3 N–H and O–H groups in total. The average molecular weight is 370 g/mol. The Bertz CT molecular complexity index is 925. The molecule has 0 saturated heterocycles. The molecule has 0 aromatic heterocycles. The Labute approximate surface area is 157 Å². The van der Waals surface area contributed by atoms with Crippen molar-refractivity contribution in [3.63, 3.8) is 0 Å². The van der Waals surface area contributed by atoms with Gasteiger partial charge in [-0.2, -0.15) is 0 Å². The Balaban J connectivity index is 2.11. The highest BCUT2D eigenvalue weighted by Gasteiger charge is 2.35. The second-order valence-electron chi connectivity index (χ2n) is 6.73. The summed E-state index contributed by atoms with van der Waals surface area (Å²) < 4.78 is 11.1. The number of hydrogen-bond acceptors (Lipinski definition) is 6. The summed E-state index contributed by atoms with van der Waals surface area (Å²) in [5, 5.41) is 30.3. The number of allylic oxidation sites excluding steroid dienone is 2. The smallest absolute Gasteiger partial charge is 0.177 e. The van der Waals surface area contributed by atoms with Crippen molar-refractivity contribution in [2.24, 2.45) is 0 Å². The van der Waals surface area contributed by atoms with Crippen LogP contribution in [-0.4, -0.2) is 34.8 Å². The number of methoxy groups -OCH3 is 1. The number of phenols is 3. The Hall–Kier alpha value is -3.15. The molecule has 0 saturated carbocycles. The van der Waals surface area contributed by atoms with Crippen LogP contribution in [-0.2, 0) is 6.42 Å². The lowest BCUT2D eigenvalue weighted by Crippen LogP contribution is -2.26. The summed E-state index contributed by atoms with van der Waals surface area (Å²) >= 11 is 0. The van der Waals surface area contributed by atoms with E-state index in [0.717, 1.165) is 5.57 Å². The summed E-state index contributed by atoms with van der Waals surface area (Å²) in [5.74, 6) is -0.775. The minimum absolute atomic E-state index is 0.00787. The number of carbonyl (C=O) groups is 1. The highest BCUT2D eigenvalue weighted by Crippen LogP contribution is 2.46. The highest BCUT2D eigenvalue weighted by atomic mass is 16.5. The second-order valence-corrected chi connectivity index (χ2v) is 6.73. The quantitative estimate of drug-likeness (QED) is 0.711. The molecule has 0 unspecified atom stereocenters. The topological polar surface area (TPSA) is 96.2 Å². The number of ether oxygens (including phenoxy) is 2. The Morgan fingerprint density at radius 3 is 2.63 bits per heavy atom. The molecule has 1 aliphatic heterocycles. The van der Waals surface area contributed by atoms with Crippen LogP contribution < -0.4 is 9.47 Å². The Morgan fingerprint density at radius 1 is 1.22 bits per heavy atom. The predicted octanol–water partition coefficient (Wildman–Crippen LogP) is 3.68. The minimum Gasteiger partial charge on any atom is -0.508 e. The lowest BCUT2D eigenvalue weighted by Gasteiger charge is -2.27. The summed E-state index contributed by atoms with van der Waals surface area (Å²) in [6, 6.07) is 5.52. The maximum absolute atomic E-state index is 13.0. The maximum atomic E-state index is 13.0. The van der Waals surface area contributed by atoms with Crippen molar-refractivity contribution >= 4 is 5.78 Å². The van der Waals surface area contributed by atoms with Crippen LogP contribution in [0.15, 0.2) is 35.9 Å². The summed E-state index contributed by atoms with van der Waals surface area (Å²) in [7, 11) is 1.43. The highest BCUT2D eigenvalue weighted by molar-refractivity contribution is 6.05. The fourth-order valence-corrected chi connectivity index (χ4v) is 3.25. The third-order valence-corrected chi connectivity index (χ3v) is 4.60. The van der Waals surface area contributed by atoms with E-state index in [4.69, 9.17) is 9.47 Å². The zero-order valence-electron chi connectivity index (χ0n) is 15.4. The molecule has 0 fully saturated rings. The summed E-state index contributed by atoms with van der Waals surface area (Å²) in [6.45, 7) is 3.87. The van der Waals surface area contributed by atoms with Gasteiger partial charge < -0.3 is 24.8 Å². The van der Waals surface area contributed by atoms with Gasteiger partial charge in [-0.05, 0) is 32.4 Å². The number of carbonyl (C=O) groups excluding carboxylic acids is 1. The number of ketones is 1. The number of benzene rings is 2. The van der Waals surface area contributed by atoms with Gasteiger partial charge in [0.15, 0.2) is 5.78 Å². The van der Waals surface area contributed by atoms with Crippen LogP contribution in [0.3, 0.4) is 0 Å². The van der Waals surface area contributed by atoms with Crippen molar-refractivity contribution in [2.45, 2.75) is 26.2 Å². The van der Waals surface area contributed by atoms with E-state index in [0.29, 0.717) is 23.3 Å². The van der Waals surface area contributed by atoms with Crippen molar-refractivity contribution in [2.75, 3.05) is 13.7 Å². The molecule has 0 bridgehead atoms. The van der Waals surface area contributed by atoms with E-state index in [-0.39, 0.29) is 41.0 Å². The number of aromatic hydroxyl groups is 3. The van der Waals surface area contributed by atoms with Crippen molar-refractivity contribution in [3.8, 4) is 28.7 Å². The summed E-state index contributed by atoms with van der Waals surface area (Å²) in [5.41, 5.74) is 2.17. The minimum atomic E-state index is -0.789. The van der Waals surface area contributed by atoms with Crippen molar-refractivity contribution in [3.05, 3.63) is 52.6 Å². The first-order valence-electron chi connectivity index (χ1n) is 8.58. The van der Waals surface area contributed by atoms with Crippen LogP contribution in [0.4, 0.5) is 0 Å². The number of hydrogen-bond donors (Lipinski definition) is 3. The van der Waals surface area contributed by atoms with E-state index in [1.165, 1.54) is 31.4 Å². The molecule has 1 heterocycles. The lowest BCUT2D eigenvalue weighted by atomic mass is 9.86. The number of Topliss-reactive ketones (excluding diaryl/α,β-unsaturated/α-hetero) is 1. The first-order valence-corrected chi connectivity index (χ1v) is 8.58. The molecule has 2 aromatic rings. The van der Waals surface area contributed by atoms with Gasteiger partial charge in [0.05, 0.1) is 24.2 Å². The Kier molecular flexibility index (Phi) is 4.99. The van der Waals surface area contributed by atoms with E-state index < -0.39 is 5.92 Å². The molecule has 1 atom stereocenters. The normalized spacial score (nSPS) is 15.7. The van der Waals surface area contributed by atoms with Crippen LogP contribution in [0, 0.1) is 0 Å². The fraction of sp³-hybridized carbons (Fsp3) is 0.286. The van der Waals surface area contributed by atoms with Crippen molar-refractivity contribution < 1.29 is 29.6 Å². The zero-order valence-corrected chi connectivity index (χ0v) is 15.4. The third-order valence-electron chi connectivity index (χ3n) is 4.60. The molecular weight excluding hydrogens is 348 g/mol. The van der Waals surface area contributed by atoms with Crippen molar-refractivity contribution in [1.82, 2.24) is 0 Å². The van der Waals surface area contributed by atoms with Gasteiger partial charge >= 0.3 is 0 Å². The van der Waals surface area contributed by atoms with Crippen LogP contribution in [0.2, 0.25) is 0 Å². The first kappa shape index (κ1) is 18.6. The van der Waals surface area contributed by atoms with Crippen molar-refractivity contribution in [1.29, 1.82) is 0 Å². The molecule has 3 rings (SSSR count). The van der Waals surface area contributed by atoms with E-state index in [1.807, 2.05) is 19.9 Å². The molecule has 0 amide bonds. The van der Waals surface area contributed by atoms with E-state index in [2.05, 4.69) is 0 Å². The molecule has 6 nitrogen and oxygen atoms in total. The van der Waals surface area contributed by atoms with Gasteiger partial charge in [0.1, 0.15) is 35.4 Å². The molecule has 0 spiro atoms. The molecule has 0 radical (unpaired) electrons. The predicted molar refractivity (Wildman–Crippen MR) is 100 cm³/mol. The van der Waals surface area contributed by atoms with Gasteiger partial charge in [-0.1, -0.05) is 11.6 Å². The number of fused-ring (bicyclic) bond motifs is 1. The van der Waals surface area contributed by atoms with E-state index >= 15 is 0 Å². The molecule has 2 aromatic carbocycles. The summed E-state index contributed by atoms with van der Waals surface area (Å²) in [4.78, 5) is 13.0. The van der Waals surface area contributed by atoms with E-state index in [1.54, 1.807) is 0 Å². The molecule has 1 aliphatic rings. The molecule has 27 heavy (non-hydrogen) atoms. The standard InChI is InChI=1S/C21H22O6/c1-11(2)4-6-13-16(23)9-17(24)19(21(13)26-3)15-10-27-18-8-12(22)5-7-14(18)20(15)25/h4-5,7-9,15,22-24H,6,10H2,1-3H3/t15-/m0/s1. The molecular formula is C21H22O6. The maximum Gasteiger partial charge on any atom is 0.177 e. The summed E-state index contributed by atoms with van der Waals surface area (Å²) in [6.07, 6.45) is 2.33. The third kappa shape index (κ3) is 3.43. The molecule has 0 aliphatic carbocycles. The van der Waals surface area contributed by atoms with Crippen LogP contribution in [0.25, 0.3) is 0 Å². The van der Waals surface area contributed by atoms with Gasteiger partial charge in [-0.3, -0.25) is 4.79 Å². The largest absolute Gasteiger partial charge is 0.508 e. The van der Waals surface area contributed by atoms with Crippen LogP contribution in [0.5, 0.6) is 28.7 Å². The average Bonchev–Trinajstić information content (AvgIpc) is 2.61. The zero-order chi connectivity index (χ0) is 19.7. The fourth-order valence-electron chi connectivity index (χ4n) is 3.25. The van der Waals surface area contributed by atoms with Gasteiger partial charge in [0, 0.05) is 17.7 Å². The molecule has 6 heteroatoms. The van der Waals surface area contributed by atoms with Gasteiger partial charge in [0.25, 0.3) is 0 Å².